The van der Waals surface area contributed by atoms with Crippen LogP contribution < -0.4 is 11.1 Å². The van der Waals surface area contributed by atoms with Gasteiger partial charge in [-0.15, -0.1) is 0 Å². The molecule has 0 saturated carbocycles. The van der Waals surface area contributed by atoms with Gasteiger partial charge < -0.3 is 16.2 Å². The molecule has 2 aromatic rings. The van der Waals surface area contributed by atoms with Crippen LogP contribution in [0.5, 0.6) is 0 Å². The maximum absolute atomic E-state index is 12.1. The number of anilines is 1. The molecule has 21 heavy (non-hydrogen) atoms. The standard InChI is InChI=1S/C15H21N3O2S/c1-3-9(4-2)12(19)8-17-14(20)10-5-6-11-13(7-10)21-15(16)18-11/h5-7,9,12,19H,3-4,8H2,1-2H3,(H2,16,18)(H,17,20). The van der Waals surface area contributed by atoms with Crippen molar-refractivity contribution in [2.24, 2.45) is 5.92 Å². The number of nitrogens with two attached hydrogens (primary N) is 1. The zero-order valence-corrected chi connectivity index (χ0v) is 13.1. The highest BCUT2D eigenvalue weighted by molar-refractivity contribution is 7.22. The van der Waals surface area contributed by atoms with Crippen LogP contribution >= 0.6 is 11.3 Å². The van der Waals surface area contributed by atoms with Crippen LogP contribution in [-0.4, -0.2) is 28.6 Å². The Kier molecular flexibility index (Phi) is 5.14. The molecule has 5 nitrogen and oxygen atoms in total. The minimum atomic E-state index is -0.508. The molecule has 0 aliphatic heterocycles. The number of aliphatic hydroxyl groups excluding tert-OH is 1. The van der Waals surface area contributed by atoms with Crippen molar-refractivity contribution >= 4 is 32.6 Å². The molecular weight excluding hydrogens is 286 g/mol. The Morgan fingerprint density at radius 2 is 2.14 bits per heavy atom. The van der Waals surface area contributed by atoms with Gasteiger partial charge in [-0.1, -0.05) is 38.0 Å². The van der Waals surface area contributed by atoms with Gasteiger partial charge in [0.05, 0.1) is 16.3 Å². The van der Waals surface area contributed by atoms with Gasteiger partial charge in [-0.2, -0.15) is 0 Å². The van der Waals surface area contributed by atoms with Gasteiger partial charge in [0.1, 0.15) is 0 Å². The van der Waals surface area contributed by atoms with Crippen LogP contribution in [0.3, 0.4) is 0 Å². The van der Waals surface area contributed by atoms with Crippen LogP contribution in [0.2, 0.25) is 0 Å². The molecule has 1 aromatic carbocycles. The lowest BCUT2D eigenvalue weighted by Gasteiger charge is -2.20. The fraction of sp³-hybridized carbons (Fsp3) is 0.467. The highest BCUT2D eigenvalue weighted by Crippen LogP contribution is 2.24. The summed E-state index contributed by atoms with van der Waals surface area (Å²) in [4.78, 5) is 16.3. The molecule has 0 saturated heterocycles. The number of amides is 1. The van der Waals surface area contributed by atoms with E-state index in [4.69, 9.17) is 5.73 Å². The summed E-state index contributed by atoms with van der Waals surface area (Å²) in [7, 11) is 0. The Morgan fingerprint density at radius 1 is 1.43 bits per heavy atom. The number of benzene rings is 1. The van der Waals surface area contributed by atoms with Gasteiger partial charge in [0, 0.05) is 12.1 Å². The summed E-state index contributed by atoms with van der Waals surface area (Å²) in [5.41, 5.74) is 7.01. The van der Waals surface area contributed by atoms with Crippen molar-refractivity contribution in [2.45, 2.75) is 32.8 Å². The predicted molar refractivity (Wildman–Crippen MR) is 86.4 cm³/mol. The van der Waals surface area contributed by atoms with Gasteiger partial charge in [-0.3, -0.25) is 4.79 Å². The first kappa shape index (κ1) is 15.7. The number of carbonyl (C=O) groups excluding carboxylic acids is 1. The number of nitrogens with zero attached hydrogens (tertiary/aromatic N) is 1. The van der Waals surface area contributed by atoms with E-state index in [1.807, 2.05) is 13.8 Å². The molecule has 114 valence electrons. The summed E-state index contributed by atoms with van der Waals surface area (Å²) >= 11 is 1.36. The summed E-state index contributed by atoms with van der Waals surface area (Å²) in [5.74, 6) is 0.0305. The Balaban J connectivity index is 2.01. The SMILES string of the molecule is CCC(CC)C(O)CNC(=O)c1ccc2nc(N)sc2c1. The van der Waals surface area contributed by atoms with Crippen molar-refractivity contribution in [3.63, 3.8) is 0 Å². The van der Waals surface area contributed by atoms with E-state index < -0.39 is 6.10 Å². The number of rotatable bonds is 6. The lowest BCUT2D eigenvalue weighted by atomic mass is 9.96. The number of carbonyl (C=O) groups is 1. The topological polar surface area (TPSA) is 88.2 Å². The average molecular weight is 307 g/mol. The number of nitrogen functional groups attached to an aromatic ring is 1. The van der Waals surface area contributed by atoms with Crippen molar-refractivity contribution in [1.82, 2.24) is 10.3 Å². The summed E-state index contributed by atoms with van der Waals surface area (Å²) in [6, 6.07) is 5.29. The van der Waals surface area contributed by atoms with Crippen LogP contribution in [-0.2, 0) is 0 Å². The fourth-order valence-electron chi connectivity index (χ4n) is 2.38. The maximum atomic E-state index is 12.1. The van der Waals surface area contributed by atoms with Crippen molar-refractivity contribution in [3.8, 4) is 0 Å². The Bertz CT molecular complexity index is 622. The molecule has 0 aliphatic rings. The highest BCUT2D eigenvalue weighted by Gasteiger charge is 2.17. The molecule has 2 rings (SSSR count). The van der Waals surface area contributed by atoms with Crippen molar-refractivity contribution in [2.75, 3.05) is 12.3 Å². The van der Waals surface area contributed by atoms with E-state index in [1.54, 1.807) is 18.2 Å². The molecule has 6 heteroatoms. The Morgan fingerprint density at radius 3 is 2.81 bits per heavy atom. The highest BCUT2D eigenvalue weighted by atomic mass is 32.1. The number of thiazole rings is 1. The van der Waals surface area contributed by atoms with E-state index in [0.717, 1.165) is 23.1 Å². The predicted octanol–water partition coefficient (Wildman–Crippen LogP) is 2.41. The van der Waals surface area contributed by atoms with Gasteiger partial charge in [-0.25, -0.2) is 4.98 Å². The first-order valence-electron chi connectivity index (χ1n) is 7.17. The second-order valence-corrected chi connectivity index (χ2v) is 6.15. The van der Waals surface area contributed by atoms with E-state index in [2.05, 4.69) is 10.3 Å². The maximum Gasteiger partial charge on any atom is 0.251 e. The number of aromatic nitrogens is 1. The number of fused-ring (bicyclic) bond motifs is 1. The molecule has 0 radical (unpaired) electrons. The minimum absolute atomic E-state index is 0.186. The third-order valence-corrected chi connectivity index (χ3v) is 4.58. The number of hydrogen-bond donors (Lipinski definition) is 3. The van der Waals surface area contributed by atoms with Crippen molar-refractivity contribution < 1.29 is 9.90 Å². The van der Waals surface area contributed by atoms with E-state index >= 15 is 0 Å². The summed E-state index contributed by atoms with van der Waals surface area (Å²) in [6.45, 7) is 4.36. The van der Waals surface area contributed by atoms with Crippen molar-refractivity contribution in [1.29, 1.82) is 0 Å². The summed E-state index contributed by atoms with van der Waals surface area (Å²) in [6.07, 6.45) is 1.30. The molecule has 0 fully saturated rings. The second kappa shape index (κ2) is 6.87. The van der Waals surface area contributed by atoms with Crippen LogP contribution in [0.1, 0.15) is 37.0 Å². The van der Waals surface area contributed by atoms with Crippen LogP contribution in [0, 0.1) is 5.92 Å². The molecule has 1 aromatic heterocycles. The van der Waals surface area contributed by atoms with Gasteiger partial charge in [0.2, 0.25) is 0 Å². The summed E-state index contributed by atoms with van der Waals surface area (Å²) in [5, 5.41) is 13.3. The molecule has 1 atom stereocenters. The van der Waals surface area contributed by atoms with E-state index in [-0.39, 0.29) is 18.4 Å². The minimum Gasteiger partial charge on any atom is -0.391 e. The van der Waals surface area contributed by atoms with Gasteiger partial charge in [-0.05, 0) is 24.1 Å². The zero-order chi connectivity index (χ0) is 15.4. The molecule has 4 N–H and O–H groups in total. The number of nitrogens with one attached hydrogen (secondary N) is 1. The fourth-order valence-corrected chi connectivity index (χ4v) is 3.16. The molecule has 1 heterocycles. The molecule has 1 amide bonds. The lowest BCUT2D eigenvalue weighted by molar-refractivity contribution is 0.0817. The molecule has 0 spiro atoms. The largest absolute Gasteiger partial charge is 0.391 e. The van der Waals surface area contributed by atoms with Crippen LogP contribution in [0.25, 0.3) is 10.2 Å². The van der Waals surface area contributed by atoms with E-state index in [9.17, 15) is 9.90 Å². The number of hydrogen-bond acceptors (Lipinski definition) is 5. The second-order valence-electron chi connectivity index (χ2n) is 5.09. The smallest absolute Gasteiger partial charge is 0.251 e. The van der Waals surface area contributed by atoms with Gasteiger partial charge in [0.25, 0.3) is 5.91 Å². The van der Waals surface area contributed by atoms with Crippen LogP contribution in [0.4, 0.5) is 5.13 Å². The number of aliphatic hydroxyl groups is 1. The van der Waals surface area contributed by atoms with E-state index in [0.29, 0.717) is 10.7 Å². The molecule has 0 bridgehead atoms. The Hall–Kier alpha value is -1.66. The Labute approximate surface area is 128 Å². The first-order valence-corrected chi connectivity index (χ1v) is 7.99. The quantitative estimate of drug-likeness (QED) is 0.764. The van der Waals surface area contributed by atoms with Gasteiger partial charge in [0.15, 0.2) is 5.13 Å². The monoisotopic (exact) mass is 307 g/mol. The molecular formula is C15H21N3O2S. The van der Waals surface area contributed by atoms with Crippen molar-refractivity contribution in [3.05, 3.63) is 23.8 Å². The van der Waals surface area contributed by atoms with Crippen LogP contribution in [0.15, 0.2) is 18.2 Å². The van der Waals surface area contributed by atoms with Gasteiger partial charge >= 0.3 is 0 Å². The summed E-state index contributed by atoms with van der Waals surface area (Å²) < 4.78 is 0.890. The first-order chi connectivity index (χ1) is 10.0. The normalized spacial score (nSPS) is 12.8. The lowest BCUT2D eigenvalue weighted by Crippen LogP contribution is -2.36. The molecule has 1 unspecified atom stereocenters. The third-order valence-electron chi connectivity index (χ3n) is 3.73. The molecule has 0 aliphatic carbocycles. The average Bonchev–Trinajstić information content (AvgIpc) is 2.85. The zero-order valence-electron chi connectivity index (χ0n) is 12.3. The van der Waals surface area contributed by atoms with E-state index in [1.165, 1.54) is 11.3 Å². The third kappa shape index (κ3) is 3.71.